The van der Waals surface area contributed by atoms with Crippen molar-refractivity contribution in [2.75, 3.05) is 32.6 Å². The van der Waals surface area contributed by atoms with Gasteiger partial charge in [-0.15, -0.1) is 0 Å². The number of aryl methyl sites for hydroxylation is 1. The van der Waals surface area contributed by atoms with Gasteiger partial charge in [0.1, 0.15) is 5.75 Å². The molecule has 1 aliphatic rings. The zero-order chi connectivity index (χ0) is 14.7. The van der Waals surface area contributed by atoms with Crippen molar-refractivity contribution < 1.29 is 9.53 Å². The number of methoxy groups -OCH3 is 1. The minimum Gasteiger partial charge on any atom is -0.495 e. The minimum atomic E-state index is 0.0327. The zero-order valence-corrected chi connectivity index (χ0v) is 13.0. The van der Waals surface area contributed by atoms with Gasteiger partial charge in [-0.3, -0.25) is 4.79 Å². The first kappa shape index (κ1) is 15.1. The second-order valence-corrected chi connectivity index (χ2v) is 5.88. The topological polar surface area (TPSA) is 41.6 Å². The standard InChI is InChI=1S/C15H21ClN2O2/c1-10-6-13(14(20-3)8-12(10)16)17-15(19)7-11-4-5-18(2)9-11/h6,8,11H,4-5,7,9H2,1-3H3,(H,17,19). The smallest absolute Gasteiger partial charge is 0.224 e. The lowest BCUT2D eigenvalue weighted by atomic mass is 10.0. The molecule has 110 valence electrons. The highest BCUT2D eigenvalue weighted by molar-refractivity contribution is 6.31. The van der Waals surface area contributed by atoms with Crippen molar-refractivity contribution in [3.05, 3.63) is 22.7 Å². The van der Waals surface area contributed by atoms with Crippen molar-refractivity contribution in [3.63, 3.8) is 0 Å². The van der Waals surface area contributed by atoms with Crippen LogP contribution in [0.2, 0.25) is 5.02 Å². The third kappa shape index (κ3) is 3.64. The highest BCUT2D eigenvalue weighted by Gasteiger charge is 2.22. The molecule has 1 unspecified atom stereocenters. The molecule has 4 nitrogen and oxygen atoms in total. The van der Waals surface area contributed by atoms with Crippen LogP contribution >= 0.6 is 11.6 Å². The maximum Gasteiger partial charge on any atom is 0.224 e. The van der Waals surface area contributed by atoms with Gasteiger partial charge in [-0.1, -0.05) is 11.6 Å². The predicted octanol–water partition coefficient (Wildman–Crippen LogP) is 2.94. The van der Waals surface area contributed by atoms with Gasteiger partial charge < -0.3 is 15.0 Å². The van der Waals surface area contributed by atoms with E-state index in [0.29, 0.717) is 28.8 Å². The molecule has 1 saturated heterocycles. The average molecular weight is 297 g/mol. The van der Waals surface area contributed by atoms with Crippen molar-refractivity contribution in [2.24, 2.45) is 5.92 Å². The Labute approximate surface area is 125 Å². The monoisotopic (exact) mass is 296 g/mol. The third-order valence-corrected chi connectivity index (χ3v) is 4.13. The molecule has 1 N–H and O–H groups in total. The number of ether oxygens (including phenoxy) is 1. The number of amides is 1. The van der Waals surface area contributed by atoms with Gasteiger partial charge in [0.2, 0.25) is 5.91 Å². The fourth-order valence-electron chi connectivity index (χ4n) is 2.59. The lowest BCUT2D eigenvalue weighted by Crippen LogP contribution is -2.19. The van der Waals surface area contributed by atoms with Gasteiger partial charge in [-0.05, 0) is 44.5 Å². The molecule has 5 heteroatoms. The first-order valence-corrected chi connectivity index (χ1v) is 7.20. The van der Waals surface area contributed by atoms with Gasteiger partial charge in [0.15, 0.2) is 0 Å². The van der Waals surface area contributed by atoms with E-state index in [1.54, 1.807) is 13.2 Å². The summed E-state index contributed by atoms with van der Waals surface area (Å²) in [4.78, 5) is 14.4. The number of hydrogen-bond acceptors (Lipinski definition) is 3. The van der Waals surface area contributed by atoms with Crippen LogP contribution in [0.3, 0.4) is 0 Å². The van der Waals surface area contributed by atoms with Crippen LogP contribution in [0.5, 0.6) is 5.75 Å². The zero-order valence-electron chi connectivity index (χ0n) is 12.2. The molecular formula is C15H21ClN2O2. The third-order valence-electron chi connectivity index (χ3n) is 3.72. The molecule has 1 aliphatic heterocycles. The Kier molecular flexibility index (Phi) is 4.89. The number of likely N-dealkylation sites (tertiary alicyclic amines) is 1. The number of nitrogens with zero attached hydrogens (tertiary/aromatic N) is 1. The maximum absolute atomic E-state index is 12.1. The number of carbonyl (C=O) groups excluding carboxylic acids is 1. The van der Waals surface area contributed by atoms with Crippen LogP contribution in [-0.2, 0) is 4.79 Å². The number of carbonyl (C=O) groups is 1. The maximum atomic E-state index is 12.1. The number of rotatable bonds is 4. The lowest BCUT2D eigenvalue weighted by molar-refractivity contribution is -0.117. The Morgan fingerprint density at radius 3 is 2.90 bits per heavy atom. The first-order valence-electron chi connectivity index (χ1n) is 6.82. The van der Waals surface area contributed by atoms with E-state index in [0.717, 1.165) is 25.1 Å². The van der Waals surface area contributed by atoms with Crippen molar-refractivity contribution in [1.29, 1.82) is 0 Å². The van der Waals surface area contributed by atoms with Crippen LogP contribution in [-0.4, -0.2) is 38.1 Å². The van der Waals surface area contributed by atoms with Gasteiger partial charge in [-0.25, -0.2) is 0 Å². The molecule has 20 heavy (non-hydrogen) atoms. The van der Waals surface area contributed by atoms with E-state index in [-0.39, 0.29) is 5.91 Å². The van der Waals surface area contributed by atoms with Crippen molar-refractivity contribution in [2.45, 2.75) is 19.8 Å². The number of anilines is 1. The molecule has 1 fully saturated rings. The Balaban J connectivity index is 2.02. The predicted molar refractivity (Wildman–Crippen MR) is 81.6 cm³/mol. The van der Waals surface area contributed by atoms with Gasteiger partial charge in [-0.2, -0.15) is 0 Å². The highest BCUT2D eigenvalue weighted by Crippen LogP contribution is 2.31. The Hall–Kier alpha value is -1.26. The second-order valence-electron chi connectivity index (χ2n) is 5.47. The molecule has 2 rings (SSSR count). The molecule has 1 aromatic carbocycles. The van der Waals surface area contributed by atoms with Gasteiger partial charge >= 0.3 is 0 Å². The van der Waals surface area contributed by atoms with E-state index in [4.69, 9.17) is 16.3 Å². The summed E-state index contributed by atoms with van der Waals surface area (Å²) in [6.07, 6.45) is 1.63. The Morgan fingerprint density at radius 1 is 1.55 bits per heavy atom. The van der Waals surface area contributed by atoms with E-state index >= 15 is 0 Å². The summed E-state index contributed by atoms with van der Waals surface area (Å²) in [7, 11) is 3.66. The summed E-state index contributed by atoms with van der Waals surface area (Å²) in [5.41, 5.74) is 1.61. The van der Waals surface area contributed by atoms with E-state index in [9.17, 15) is 4.79 Å². The summed E-state index contributed by atoms with van der Waals surface area (Å²) < 4.78 is 5.26. The molecule has 0 spiro atoms. The molecule has 0 bridgehead atoms. The van der Waals surface area contributed by atoms with Crippen LogP contribution in [0.25, 0.3) is 0 Å². The largest absolute Gasteiger partial charge is 0.495 e. The fourth-order valence-corrected chi connectivity index (χ4v) is 2.74. The molecule has 1 amide bonds. The van der Waals surface area contributed by atoms with E-state index < -0.39 is 0 Å². The molecule has 0 saturated carbocycles. The quantitative estimate of drug-likeness (QED) is 0.929. The molecule has 1 heterocycles. The van der Waals surface area contributed by atoms with E-state index in [1.165, 1.54) is 0 Å². The summed E-state index contributed by atoms with van der Waals surface area (Å²) in [5.74, 6) is 1.07. The second kappa shape index (κ2) is 6.46. The number of hydrogen-bond donors (Lipinski definition) is 1. The molecule has 0 radical (unpaired) electrons. The van der Waals surface area contributed by atoms with Gasteiger partial charge in [0.05, 0.1) is 12.8 Å². The normalized spacial score (nSPS) is 19.1. The summed E-state index contributed by atoms with van der Waals surface area (Å²) >= 11 is 6.06. The number of benzene rings is 1. The highest BCUT2D eigenvalue weighted by atomic mass is 35.5. The average Bonchev–Trinajstić information content (AvgIpc) is 2.78. The molecule has 1 atom stereocenters. The molecule has 1 aromatic rings. The van der Waals surface area contributed by atoms with Crippen LogP contribution in [0.1, 0.15) is 18.4 Å². The first-order chi connectivity index (χ1) is 9.49. The van der Waals surface area contributed by atoms with Crippen LogP contribution in [0, 0.1) is 12.8 Å². The van der Waals surface area contributed by atoms with Gasteiger partial charge in [0.25, 0.3) is 0 Å². The van der Waals surface area contributed by atoms with Crippen molar-refractivity contribution in [1.82, 2.24) is 4.90 Å². The van der Waals surface area contributed by atoms with E-state index in [1.807, 2.05) is 13.0 Å². The Morgan fingerprint density at radius 2 is 2.30 bits per heavy atom. The van der Waals surface area contributed by atoms with Gasteiger partial charge in [0, 0.05) is 24.1 Å². The lowest BCUT2D eigenvalue weighted by Gasteiger charge is -2.14. The van der Waals surface area contributed by atoms with E-state index in [2.05, 4.69) is 17.3 Å². The number of halogens is 1. The molecular weight excluding hydrogens is 276 g/mol. The van der Waals surface area contributed by atoms with Crippen LogP contribution in [0.15, 0.2) is 12.1 Å². The summed E-state index contributed by atoms with van der Waals surface area (Å²) in [6, 6.07) is 3.58. The summed E-state index contributed by atoms with van der Waals surface area (Å²) in [5, 5.41) is 3.57. The fraction of sp³-hybridized carbons (Fsp3) is 0.533. The Bertz CT molecular complexity index is 505. The van der Waals surface area contributed by atoms with Crippen molar-refractivity contribution >= 4 is 23.2 Å². The van der Waals surface area contributed by atoms with Crippen LogP contribution < -0.4 is 10.1 Å². The molecule has 0 aliphatic carbocycles. The summed E-state index contributed by atoms with van der Waals surface area (Å²) in [6.45, 7) is 3.97. The SMILES string of the molecule is COc1cc(Cl)c(C)cc1NC(=O)CC1CCN(C)C1. The van der Waals surface area contributed by atoms with Crippen molar-refractivity contribution in [3.8, 4) is 5.75 Å². The molecule has 0 aromatic heterocycles. The minimum absolute atomic E-state index is 0.0327. The van der Waals surface area contributed by atoms with Crippen LogP contribution in [0.4, 0.5) is 5.69 Å². The number of nitrogens with one attached hydrogen (secondary N) is 1.